The molecule has 0 unspecified atom stereocenters. The van der Waals surface area contributed by atoms with Crippen LogP contribution in [0.3, 0.4) is 0 Å². The minimum atomic E-state index is -0.512. The molecule has 0 heterocycles. The highest BCUT2D eigenvalue weighted by Gasteiger charge is 2.26. The van der Waals surface area contributed by atoms with E-state index in [2.05, 4.69) is 0 Å². The molecule has 0 radical (unpaired) electrons. The van der Waals surface area contributed by atoms with Gasteiger partial charge in [0.25, 0.3) is 0 Å². The van der Waals surface area contributed by atoms with Crippen molar-refractivity contribution in [1.82, 2.24) is 0 Å². The summed E-state index contributed by atoms with van der Waals surface area (Å²) in [6, 6.07) is 11.3. The summed E-state index contributed by atoms with van der Waals surface area (Å²) in [5.74, 6) is 0.414. The number of hydrogen-bond donors (Lipinski definition) is 3. The van der Waals surface area contributed by atoms with Crippen molar-refractivity contribution in [3.05, 3.63) is 53.6 Å². The van der Waals surface area contributed by atoms with Gasteiger partial charge in [-0.1, -0.05) is 26.0 Å². The van der Waals surface area contributed by atoms with Crippen LogP contribution in [0, 0.1) is 0 Å². The Morgan fingerprint density at radius 1 is 0.833 bits per heavy atom. The van der Waals surface area contributed by atoms with Gasteiger partial charge in [-0.3, -0.25) is 0 Å². The standard InChI is InChI=1S/C15H16O3/c1-15(2,10-4-3-5-11(16)8-10)13-9-12(17)6-7-14(13)18/h3-9,16-18H,1-2H3. The second-order valence-corrected chi connectivity index (χ2v) is 4.88. The van der Waals surface area contributed by atoms with Gasteiger partial charge in [0.15, 0.2) is 0 Å². The quantitative estimate of drug-likeness (QED) is 0.711. The van der Waals surface area contributed by atoms with Gasteiger partial charge in [0, 0.05) is 11.0 Å². The molecule has 18 heavy (non-hydrogen) atoms. The van der Waals surface area contributed by atoms with Crippen LogP contribution in [0.25, 0.3) is 0 Å². The van der Waals surface area contributed by atoms with Crippen LogP contribution in [0.5, 0.6) is 17.2 Å². The molecule has 3 heteroatoms. The molecule has 0 saturated carbocycles. The third-order valence-corrected chi connectivity index (χ3v) is 3.22. The predicted molar refractivity (Wildman–Crippen MR) is 70.0 cm³/mol. The van der Waals surface area contributed by atoms with Crippen LogP contribution in [-0.4, -0.2) is 15.3 Å². The monoisotopic (exact) mass is 244 g/mol. The van der Waals surface area contributed by atoms with E-state index in [0.717, 1.165) is 5.56 Å². The summed E-state index contributed by atoms with van der Waals surface area (Å²) in [5.41, 5.74) is 0.971. The average molecular weight is 244 g/mol. The lowest BCUT2D eigenvalue weighted by Gasteiger charge is -2.27. The van der Waals surface area contributed by atoms with Crippen LogP contribution >= 0.6 is 0 Å². The molecular formula is C15H16O3. The molecule has 94 valence electrons. The minimum Gasteiger partial charge on any atom is -0.508 e. The van der Waals surface area contributed by atoms with E-state index in [1.165, 1.54) is 12.1 Å². The van der Waals surface area contributed by atoms with Crippen molar-refractivity contribution in [3.63, 3.8) is 0 Å². The minimum absolute atomic E-state index is 0.107. The molecule has 0 aliphatic rings. The number of phenolic OH excluding ortho intramolecular Hbond substituents is 3. The number of benzene rings is 2. The first-order valence-corrected chi connectivity index (χ1v) is 5.73. The molecule has 0 amide bonds. The smallest absolute Gasteiger partial charge is 0.119 e. The first-order chi connectivity index (χ1) is 8.41. The van der Waals surface area contributed by atoms with Crippen LogP contribution in [0.15, 0.2) is 42.5 Å². The molecule has 0 aliphatic carbocycles. The van der Waals surface area contributed by atoms with E-state index < -0.39 is 5.41 Å². The fourth-order valence-corrected chi connectivity index (χ4v) is 2.07. The lowest BCUT2D eigenvalue weighted by molar-refractivity contribution is 0.439. The zero-order valence-electron chi connectivity index (χ0n) is 10.4. The molecule has 0 bridgehead atoms. The summed E-state index contributed by atoms with van der Waals surface area (Å²) in [5, 5.41) is 29.0. The van der Waals surface area contributed by atoms with Gasteiger partial charge in [0.2, 0.25) is 0 Å². The molecule has 2 rings (SSSR count). The lowest BCUT2D eigenvalue weighted by atomic mass is 9.77. The van der Waals surface area contributed by atoms with Crippen molar-refractivity contribution in [1.29, 1.82) is 0 Å². The topological polar surface area (TPSA) is 60.7 Å². The van der Waals surface area contributed by atoms with E-state index in [1.807, 2.05) is 19.9 Å². The summed E-state index contributed by atoms with van der Waals surface area (Å²) in [4.78, 5) is 0. The van der Waals surface area contributed by atoms with Crippen LogP contribution in [0.1, 0.15) is 25.0 Å². The Morgan fingerprint density at radius 3 is 2.17 bits per heavy atom. The summed E-state index contributed by atoms with van der Waals surface area (Å²) >= 11 is 0. The Labute approximate surface area is 106 Å². The Balaban J connectivity index is 2.57. The van der Waals surface area contributed by atoms with Crippen LogP contribution in [0.2, 0.25) is 0 Å². The highest BCUT2D eigenvalue weighted by molar-refractivity contribution is 5.49. The van der Waals surface area contributed by atoms with Crippen LogP contribution < -0.4 is 0 Å². The van der Waals surface area contributed by atoms with Gasteiger partial charge in [0.05, 0.1) is 0 Å². The molecule has 0 fully saturated rings. The molecule has 3 N–H and O–H groups in total. The summed E-state index contributed by atoms with van der Waals surface area (Å²) in [6.45, 7) is 3.85. The zero-order chi connectivity index (χ0) is 13.3. The maximum atomic E-state index is 9.93. The first kappa shape index (κ1) is 12.3. The predicted octanol–water partition coefficient (Wildman–Crippen LogP) is 3.13. The number of aromatic hydroxyl groups is 3. The second kappa shape index (κ2) is 4.26. The van der Waals surface area contributed by atoms with E-state index in [-0.39, 0.29) is 17.2 Å². The van der Waals surface area contributed by atoms with E-state index >= 15 is 0 Å². The molecule has 3 nitrogen and oxygen atoms in total. The molecule has 2 aromatic rings. The Morgan fingerprint density at radius 2 is 1.50 bits per heavy atom. The molecule has 0 saturated heterocycles. The highest BCUT2D eigenvalue weighted by Crippen LogP contribution is 2.39. The molecule has 0 atom stereocenters. The van der Waals surface area contributed by atoms with E-state index in [4.69, 9.17) is 0 Å². The van der Waals surface area contributed by atoms with Crippen molar-refractivity contribution < 1.29 is 15.3 Å². The normalized spacial score (nSPS) is 11.4. The van der Waals surface area contributed by atoms with Crippen LogP contribution in [0.4, 0.5) is 0 Å². The van der Waals surface area contributed by atoms with Crippen molar-refractivity contribution >= 4 is 0 Å². The third-order valence-electron chi connectivity index (χ3n) is 3.22. The summed E-state index contributed by atoms with van der Waals surface area (Å²) in [6.07, 6.45) is 0. The molecular weight excluding hydrogens is 228 g/mol. The average Bonchev–Trinajstić information content (AvgIpc) is 2.32. The fourth-order valence-electron chi connectivity index (χ4n) is 2.07. The van der Waals surface area contributed by atoms with E-state index in [0.29, 0.717) is 5.56 Å². The number of phenols is 3. The molecule has 0 spiro atoms. The number of hydrogen-bond acceptors (Lipinski definition) is 3. The first-order valence-electron chi connectivity index (χ1n) is 5.73. The van der Waals surface area contributed by atoms with Gasteiger partial charge in [-0.15, -0.1) is 0 Å². The largest absolute Gasteiger partial charge is 0.508 e. The summed E-state index contributed by atoms with van der Waals surface area (Å²) < 4.78 is 0. The van der Waals surface area contributed by atoms with E-state index in [1.54, 1.807) is 24.3 Å². The zero-order valence-corrected chi connectivity index (χ0v) is 10.4. The van der Waals surface area contributed by atoms with Gasteiger partial charge in [-0.05, 0) is 35.9 Å². The van der Waals surface area contributed by atoms with Crippen LogP contribution in [-0.2, 0) is 5.41 Å². The van der Waals surface area contributed by atoms with Crippen molar-refractivity contribution in [2.45, 2.75) is 19.3 Å². The molecule has 0 aromatic heterocycles. The Bertz CT molecular complexity index is 574. The van der Waals surface area contributed by atoms with Gasteiger partial charge < -0.3 is 15.3 Å². The lowest BCUT2D eigenvalue weighted by Crippen LogP contribution is -2.18. The molecule has 0 aliphatic heterocycles. The van der Waals surface area contributed by atoms with Crippen molar-refractivity contribution in [2.24, 2.45) is 0 Å². The summed E-state index contributed by atoms with van der Waals surface area (Å²) in [7, 11) is 0. The van der Waals surface area contributed by atoms with Crippen molar-refractivity contribution in [3.8, 4) is 17.2 Å². The Kier molecular flexibility index (Phi) is 2.91. The highest BCUT2D eigenvalue weighted by atomic mass is 16.3. The Hall–Kier alpha value is -2.16. The molecule has 2 aromatic carbocycles. The van der Waals surface area contributed by atoms with Gasteiger partial charge in [0.1, 0.15) is 17.2 Å². The second-order valence-electron chi connectivity index (χ2n) is 4.88. The van der Waals surface area contributed by atoms with Crippen molar-refractivity contribution in [2.75, 3.05) is 0 Å². The van der Waals surface area contributed by atoms with E-state index in [9.17, 15) is 15.3 Å². The fraction of sp³-hybridized carbons (Fsp3) is 0.200. The SMILES string of the molecule is CC(C)(c1cccc(O)c1)c1cc(O)ccc1O. The maximum absolute atomic E-state index is 9.93. The maximum Gasteiger partial charge on any atom is 0.119 e. The van der Waals surface area contributed by atoms with Gasteiger partial charge in [-0.25, -0.2) is 0 Å². The third kappa shape index (κ3) is 2.12. The number of rotatable bonds is 2. The van der Waals surface area contributed by atoms with Gasteiger partial charge >= 0.3 is 0 Å². The van der Waals surface area contributed by atoms with Gasteiger partial charge in [-0.2, -0.15) is 0 Å².